The van der Waals surface area contributed by atoms with E-state index in [0.717, 1.165) is 19.3 Å². The van der Waals surface area contributed by atoms with E-state index in [1.54, 1.807) is 12.1 Å². The monoisotopic (exact) mass is 364 g/mol. The summed E-state index contributed by atoms with van der Waals surface area (Å²) in [4.78, 5) is 10.9. The first-order valence-electron chi connectivity index (χ1n) is 10.3. The van der Waals surface area contributed by atoms with Gasteiger partial charge >= 0.3 is 5.97 Å². The van der Waals surface area contributed by atoms with Gasteiger partial charge in [0.25, 0.3) is 0 Å². The fraction of sp³-hybridized carbons (Fsp3) is 0.682. The minimum Gasteiger partial charge on any atom is -0.504 e. The fourth-order valence-corrected chi connectivity index (χ4v) is 3.51. The Labute approximate surface area is 158 Å². The highest BCUT2D eigenvalue weighted by Gasteiger charge is 2.18. The molecule has 26 heavy (non-hydrogen) atoms. The van der Waals surface area contributed by atoms with E-state index in [0.29, 0.717) is 12.0 Å². The first kappa shape index (κ1) is 22.3. The Morgan fingerprint density at radius 3 is 2.04 bits per heavy atom. The second-order valence-corrected chi connectivity index (χ2v) is 7.31. The normalized spacial score (nSPS) is 12.2. The Hall–Kier alpha value is -1.71. The van der Waals surface area contributed by atoms with Crippen LogP contribution in [0, 0.1) is 0 Å². The summed E-state index contributed by atoms with van der Waals surface area (Å²) in [6.45, 7) is 2.24. The first-order valence-corrected chi connectivity index (χ1v) is 10.3. The Bertz CT molecular complexity index is 513. The van der Waals surface area contributed by atoms with Crippen molar-refractivity contribution in [2.24, 2.45) is 0 Å². The molecule has 1 unspecified atom stereocenters. The number of para-hydroxylation sites is 1. The zero-order valence-electron chi connectivity index (χ0n) is 16.3. The summed E-state index contributed by atoms with van der Waals surface area (Å²) in [7, 11) is 0. The predicted octanol–water partition coefficient (Wildman–Crippen LogP) is 6.36. The maximum Gasteiger partial charge on any atom is 0.303 e. The highest BCUT2D eigenvalue weighted by molar-refractivity contribution is 5.66. The second kappa shape index (κ2) is 13.5. The van der Waals surface area contributed by atoms with Gasteiger partial charge in [0, 0.05) is 12.0 Å². The van der Waals surface area contributed by atoms with Crippen LogP contribution in [0.2, 0.25) is 0 Å². The number of rotatable bonds is 15. The minimum atomic E-state index is -0.822. The predicted molar refractivity (Wildman–Crippen MR) is 106 cm³/mol. The van der Waals surface area contributed by atoms with E-state index >= 15 is 0 Å². The van der Waals surface area contributed by atoms with Crippen molar-refractivity contribution in [3.05, 3.63) is 23.8 Å². The van der Waals surface area contributed by atoms with Gasteiger partial charge in [-0.05, 0) is 24.8 Å². The smallest absolute Gasteiger partial charge is 0.303 e. The van der Waals surface area contributed by atoms with Crippen LogP contribution < -0.4 is 0 Å². The summed E-state index contributed by atoms with van der Waals surface area (Å²) in [5.74, 6) is -1.08. The van der Waals surface area contributed by atoms with Crippen molar-refractivity contribution < 1.29 is 20.1 Å². The summed E-state index contributed by atoms with van der Waals surface area (Å²) >= 11 is 0. The molecule has 0 bridgehead atoms. The summed E-state index contributed by atoms with van der Waals surface area (Å²) in [6.07, 6.45) is 14.0. The number of phenolic OH excluding ortho intramolecular Hbond substituents is 2. The lowest BCUT2D eigenvalue weighted by molar-refractivity contribution is -0.137. The number of carboxylic acids is 1. The summed E-state index contributed by atoms with van der Waals surface area (Å²) in [5, 5.41) is 28.8. The van der Waals surface area contributed by atoms with E-state index < -0.39 is 5.97 Å². The Morgan fingerprint density at radius 1 is 0.885 bits per heavy atom. The van der Waals surface area contributed by atoms with Gasteiger partial charge in [-0.2, -0.15) is 0 Å². The quantitative estimate of drug-likeness (QED) is 0.250. The van der Waals surface area contributed by atoms with Crippen molar-refractivity contribution in [2.45, 2.75) is 96.3 Å². The number of carboxylic acid groups (broad SMARTS) is 1. The molecule has 0 aromatic heterocycles. The summed E-state index contributed by atoms with van der Waals surface area (Å²) in [5.41, 5.74) is 0.669. The molecule has 4 nitrogen and oxygen atoms in total. The molecule has 0 spiro atoms. The van der Waals surface area contributed by atoms with Crippen LogP contribution in [0.3, 0.4) is 0 Å². The van der Waals surface area contributed by atoms with Gasteiger partial charge in [-0.1, -0.05) is 83.3 Å². The number of phenols is 2. The zero-order valence-corrected chi connectivity index (χ0v) is 16.3. The number of hydrogen-bond acceptors (Lipinski definition) is 3. The molecule has 0 saturated heterocycles. The van der Waals surface area contributed by atoms with Crippen molar-refractivity contribution in [3.63, 3.8) is 0 Å². The summed E-state index contributed by atoms with van der Waals surface area (Å²) in [6, 6.07) is 4.95. The van der Waals surface area contributed by atoms with Crippen LogP contribution in [0.5, 0.6) is 11.5 Å². The molecule has 0 aliphatic rings. The molecule has 0 amide bonds. The van der Waals surface area contributed by atoms with Gasteiger partial charge in [0.05, 0.1) is 0 Å². The third kappa shape index (κ3) is 9.12. The molecular weight excluding hydrogens is 328 g/mol. The van der Waals surface area contributed by atoms with Crippen LogP contribution in [-0.4, -0.2) is 21.3 Å². The van der Waals surface area contributed by atoms with E-state index in [9.17, 15) is 15.0 Å². The van der Waals surface area contributed by atoms with Crippen molar-refractivity contribution >= 4 is 5.97 Å². The Kier molecular flexibility index (Phi) is 11.6. The number of hydrogen-bond donors (Lipinski definition) is 3. The molecule has 0 heterocycles. The van der Waals surface area contributed by atoms with Crippen molar-refractivity contribution in [2.75, 3.05) is 0 Å². The topological polar surface area (TPSA) is 77.8 Å². The molecule has 0 aliphatic heterocycles. The van der Waals surface area contributed by atoms with Crippen LogP contribution in [0.15, 0.2) is 18.2 Å². The average Bonchev–Trinajstić information content (AvgIpc) is 2.61. The van der Waals surface area contributed by atoms with Gasteiger partial charge in [0.1, 0.15) is 0 Å². The van der Waals surface area contributed by atoms with Crippen molar-refractivity contribution in [3.8, 4) is 11.5 Å². The maximum absolute atomic E-state index is 10.9. The third-order valence-corrected chi connectivity index (χ3v) is 5.10. The largest absolute Gasteiger partial charge is 0.504 e. The maximum atomic E-state index is 10.9. The number of carbonyl (C=O) groups is 1. The highest BCUT2D eigenvalue weighted by Crippen LogP contribution is 2.38. The first-order chi connectivity index (χ1) is 12.6. The van der Waals surface area contributed by atoms with Gasteiger partial charge in [0.15, 0.2) is 11.5 Å². The molecule has 1 aromatic carbocycles. The van der Waals surface area contributed by atoms with Gasteiger partial charge in [-0.3, -0.25) is 4.79 Å². The van der Waals surface area contributed by atoms with Crippen molar-refractivity contribution in [1.82, 2.24) is 0 Å². The van der Waals surface area contributed by atoms with Crippen LogP contribution >= 0.6 is 0 Å². The molecule has 1 aromatic rings. The average molecular weight is 365 g/mol. The second-order valence-electron chi connectivity index (χ2n) is 7.31. The molecule has 3 N–H and O–H groups in total. The zero-order chi connectivity index (χ0) is 19.2. The number of aromatic hydroxyl groups is 2. The molecule has 0 saturated carbocycles. The van der Waals surface area contributed by atoms with E-state index in [1.165, 1.54) is 57.4 Å². The molecule has 1 atom stereocenters. The van der Waals surface area contributed by atoms with Gasteiger partial charge < -0.3 is 15.3 Å². The highest BCUT2D eigenvalue weighted by atomic mass is 16.4. The lowest BCUT2D eigenvalue weighted by atomic mass is 9.88. The van der Waals surface area contributed by atoms with Gasteiger partial charge in [-0.15, -0.1) is 0 Å². The number of aliphatic carboxylic acids is 1. The molecule has 4 heteroatoms. The third-order valence-electron chi connectivity index (χ3n) is 5.10. The van der Waals surface area contributed by atoms with E-state index in [2.05, 4.69) is 6.92 Å². The van der Waals surface area contributed by atoms with Crippen LogP contribution in [0.25, 0.3) is 0 Å². The van der Waals surface area contributed by atoms with Crippen molar-refractivity contribution in [1.29, 1.82) is 0 Å². The summed E-state index contributed by atoms with van der Waals surface area (Å²) < 4.78 is 0. The lowest BCUT2D eigenvalue weighted by Crippen LogP contribution is -2.04. The molecule has 1 rings (SSSR count). The molecule has 0 fully saturated rings. The van der Waals surface area contributed by atoms with Crippen LogP contribution in [0.1, 0.15) is 102 Å². The van der Waals surface area contributed by atoms with Crippen LogP contribution in [-0.2, 0) is 4.79 Å². The van der Waals surface area contributed by atoms with E-state index in [4.69, 9.17) is 5.11 Å². The number of unbranched alkanes of at least 4 members (excludes halogenated alkanes) is 9. The Morgan fingerprint density at radius 2 is 1.46 bits per heavy atom. The lowest BCUT2D eigenvalue weighted by Gasteiger charge is -2.18. The molecule has 0 aliphatic carbocycles. The van der Waals surface area contributed by atoms with Gasteiger partial charge in [0.2, 0.25) is 0 Å². The van der Waals surface area contributed by atoms with E-state index in [-0.39, 0.29) is 23.8 Å². The molecular formula is C22H36O4. The van der Waals surface area contributed by atoms with E-state index in [1.807, 2.05) is 0 Å². The van der Waals surface area contributed by atoms with Crippen LogP contribution in [0.4, 0.5) is 0 Å². The molecule has 0 radical (unpaired) electrons. The minimum absolute atomic E-state index is 0.0211. The van der Waals surface area contributed by atoms with Gasteiger partial charge in [-0.25, -0.2) is 0 Å². The number of benzene rings is 1. The fourth-order valence-electron chi connectivity index (χ4n) is 3.51. The Balaban J connectivity index is 2.33. The SMILES string of the molecule is CCCCCCCCCCCCC(CCC(=O)O)c1cccc(O)c1O. The standard InChI is InChI=1S/C22H36O4/c1-2-3-4-5-6-7-8-9-10-11-13-18(16-17-21(24)25)19-14-12-15-20(23)22(19)26/h12,14-15,18,23,26H,2-11,13,16-17H2,1H3,(H,24,25). The molecule has 148 valence electrons.